The second-order valence-corrected chi connectivity index (χ2v) is 5.72. The molecule has 2 heterocycles. The average Bonchev–Trinajstić information content (AvgIpc) is 2.84. The van der Waals surface area contributed by atoms with E-state index in [1.165, 1.54) is 0 Å². The van der Waals surface area contributed by atoms with Crippen molar-refractivity contribution in [3.05, 3.63) is 31.0 Å². The van der Waals surface area contributed by atoms with E-state index in [1.807, 2.05) is 18.6 Å². The summed E-state index contributed by atoms with van der Waals surface area (Å²) in [6.07, 6.45) is 7.25. The topological polar surface area (TPSA) is 60.0 Å². The van der Waals surface area contributed by atoms with Crippen molar-refractivity contribution in [1.29, 1.82) is 0 Å². The van der Waals surface area contributed by atoms with Crippen LogP contribution in [0.1, 0.15) is 19.9 Å². The summed E-state index contributed by atoms with van der Waals surface area (Å²) in [5.41, 5.74) is 8.76. The number of aromatic nitrogens is 3. The van der Waals surface area contributed by atoms with E-state index in [0.29, 0.717) is 12.0 Å². The monoisotopic (exact) mass is 273 g/mol. The molecule has 0 saturated carbocycles. The molecule has 1 unspecified atom stereocenters. The molecule has 1 atom stereocenters. The Hall–Kier alpha value is -1.88. The maximum absolute atomic E-state index is 6.07. The normalized spacial score (nSPS) is 13.1. The second-order valence-electron chi connectivity index (χ2n) is 5.72. The zero-order valence-electron chi connectivity index (χ0n) is 12.6. The van der Waals surface area contributed by atoms with Crippen LogP contribution in [0.5, 0.6) is 0 Å². The first kappa shape index (κ1) is 14.5. The van der Waals surface area contributed by atoms with E-state index in [1.54, 1.807) is 12.4 Å². The molecular formula is C15H23N5. The summed E-state index contributed by atoms with van der Waals surface area (Å²) in [4.78, 5) is 10.7. The van der Waals surface area contributed by atoms with Crippen molar-refractivity contribution in [2.75, 3.05) is 26.4 Å². The molecule has 2 N–H and O–H groups in total. The van der Waals surface area contributed by atoms with Crippen LogP contribution in [0.25, 0.3) is 11.3 Å². The van der Waals surface area contributed by atoms with Gasteiger partial charge in [0.25, 0.3) is 0 Å². The zero-order chi connectivity index (χ0) is 14.7. The van der Waals surface area contributed by atoms with E-state index < -0.39 is 0 Å². The minimum Gasteiger partial charge on any atom is -0.398 e. The van der Waals surface area contributed by atoms with E-state index >= 15 is 0 Å². The Kier molecular flexibility index (Phi) is 4.39. The van der Waals surface area contributed by atoms with Gasteiger partial charge >= 0.3 is 0 Å². The Morgan fingerprint density at radius 1 is 1.25 bits per heavy atom. The fourth-order valence-corrected chi connectivity index (χ4v) is 2.39. The molecule has 2 aromatic heterocycles. The summed E-state index contributed by atoms with van der Waals surface area (Å²) in [6.45, 7) is 5.41. The lowest BCUT2D eigenvalue weighted by Gasteiger charge is -2.27. The van der Waals surface area contributed by atoms with Gasteiger partial charge in [-0.3, -0.25) is 4.98 Å². The first-order valence-corrected chi connectivity index (χ1v) is 6.87. The summed E-state index contributed by atoms with van der Waals surface area (Å²) >= 11 is 0. The molecule has 0 aliphatic rings. The first-order valence-electron chi connectivity index (χ1n) is 6.87. The summed E-state index contributed by atoms with van der Waals surface area (Å²) < 4.78 is 2.21. The van der Waals surface area contributed by atoms with Crippen LogP contribution in [-0.2, 0) is 0 Å². The van der Waals surface area contributed by atoms with Crippen LogP contribution in [-0.4, -0.2) is 40.1 Å². The third-order valence-corrected chi connectivity index (χ3v) is 3.48. The van der Waals surface area contributed by atoms with Crippen molar-refractivity contribution in [2.24, 2.45) is 5.92 Å². The molecule has 20 heavy (non-hydrogen) atoms. The quantitative estimate of drug-likeness (QED) is 0.908. The van der Waals surface area contributed by atoms with Crippen LogP contribution >= 0.6 is 0 Å². The van der Waals surface area contributed by atoms with Crippen molar-refractivity contribution >= 4 is 5.69 Å². The van der Waals surface area contributed by atoms with Gasteiger partial charge in [0.15, 0.2) is 0 Å². The van der Waals surface area contributed by atoms with Crippen molar-refractivity contribution in [1.82, 2.24) is 19.4 Å². The van der Waals surface area contributed by atoms with Gasteiger partial charge in [0, 0.05) is 30.2 Å². The summed E-state index contributed by atoms with van der Waals surface area (Å²) in [7, 11) is 4.18. The van der Waals surface area contributed by atoms with Crippen molar-refractivity contribution in [2.45, 2.75) is 19.9 Å². The second kappa shape index (κ2) is 6.05. The number of imidazole rings is 1. The highest BCUT2D eigenvalue weighted by atomic mass is 15.2. The highest BCUT2D eigenvalue weighted by Gasteiger charge is 2.20. The number of pyridine rings is 1. The standard InChI is InChI=1S/C15H23N5/c1-11(2)15(9-19(3)4)20-10-18-8-14(20)12-7-17-6-5-13(12)16/h5-8,10-11,15H,9H2,1-4H3,(H2,16,17). The van der Waals surface area contributed by atoms with Gasteiger partial charge in [0.1, 0.15) is 0 Å². The summed E-state index contributed by atoms with van der Waals surface area (Å²) in [6, 6.07) is 2.17. The fourth-order valence-electron chi connectivity index (χ4n) is 2.39. The first-order chi connectivity index (χ1) is 9.50. The Bertz CT molecular complexity index is 559. The predicted octanol–water partition coefficient (Wildman–Crippen LogP) is 2.29. The minimum absolute atomic E-state index is 0.349. The lowest BCUT2D eigenvalue weighted by atomic mass is 10.0. The Labute approximate surface area is 120 Å². The van der Waals surface area contributed by atoms with Crippen molar-refractivity contribution in [3.63, 3.8) is 0 Å². The number of nitrogens with zero attached hydrogens (tertiary/aromatic N) is 4. The van der Waals surface area contributed by atoms with Crippen LogP contribution in [0.3, 0.4) is 0 Å². The minimum atomic E-state index is 0.349. The highest BCUT2D eigenvalue weighted by Crippen LogP contribution is 2.29. The molecule has 0 aliphatic carbocycles. The lowest BCUT2D eigenvalue weighted by Crippen LogP contribution is -2.28. The number of anilines is 1. The Morgan fingerprint density at radius 3 is 2.60 bits per heavy atom. The summed E-state index contributed by atoms with van der Waals surface area (Å²) in [5.74, 6) is 0.503. The molecule has 0 amide bonds. The van der Waals surface area contributed by atoms with E-state index in [-0.39, 0.29) is 0 Å². The third-order valence-electron chi connectivity index (χ3n) is 3.48. The SMILES string of the molecule is CC(C)C(CN(C)C)n1cncc1-c1cnccc1N. The Morgan fingerprint density at radius 2 is 2.00 bits per heavy atom. The average molecular weight is 273 g/mol. The number of hydrogen-bond acceptors (Lipinski definition) is 4. The molecule has 0 radical (unpaired) electrons. The van der Waals surface area contributed by atoms with E-state index in [2.05, 4.69) is 47.4 Å². The highest BCUT2D eigenvalue weighted by molar-refractivity contribution is 5.72. The largest absolute Gasteiger partial charge is 0.398 e. The van der Waals surface area contributed by atoms with Crippen LogP contribution in [0.4, 0.5) is 5.69 Å². The lowest BCUT2D eigenvalue weighted by molar-refractivity contribution is 0.270. The maximum Gasteiger partial charge on any atom is 0.0954 e. The maximum atomic E-state index is 6.07. The van der Waals surface area contributed by atoms with Gasteiger partial charge in [-0.05, 0) is 26.1 Å². The Balaban J connectivity index is 2.44. The fraction of sp³-hybridized carbons (Fsp3) is 0.467. The van der Waals surface area contributed by atoms with Gasteiger partial charge in [0.05, 0.1) is 24.3 Å². The molecule has 5 nitrogen and oxygen atoms in total. The number of likely N-dealkylation sites (N-methyl/N-ethyl adjacent to an activating group) is 1. The van der Waals surface area contributed by atoms with Gasteiger partial charge < -0.3 is 15.2 Å². The number of hydrogen-bond donors (Lipinski definition) is 1. The molecule has 108 valence electrons. The van der Waals surface area contributed by atoms with Crippen LogP contribution in [0.15, 0.2) is 31.0 Å². The van der Waals surface area contributed by atoms with E-state index in [4.69, 9.17) is 5.73 Å². The molecule has 5 heteroatoms. The molecule has 0 saturated heterocycles. The number of rotatable bonds is 5. The summed E-state index contributed by atoms with van der Waals surface area (Å²) in [5, 5.41) is 0. The van der Waals surface area contributed by atoms with Crippen LogP contribution < -0.4 is 5.73 Å². The smallest absolute Gasteiger partial charge is 0.0954 e. The molecule has 2 rings (SSSR count). The zero-order valence-corrected chi connectivity index (χ0v) is 12.6. The molecule has 0 fully saturated rings. The van der Waals surface area contributed by atoms with Gasteiger partial charge in [-0.2, -0.15) is 0 Å². The molecule has 0 aliphatic heterocycles. The van der Waals surface area contributed by atoms with Gasteiger partial charge in [0.2, 0.25) is 0 Å². The third kappa shape index (κ3) is 2.99. The van der Waals surface area contributed by atoms with Gasteiger partial charge in [-0.15, -0.1) is 0 Å². The predicted molar refractivity (Wildman–Crippen MR) is 82.3 cm³/mol. The van der Waals surface area contributed by atoms with E-state index in [9.17, 15) is 0 Å². The number of nitrogens with two attached hydrogens (primary N) is 1. The van der Waals surface area contributed by atoms with Gasteiger partial charge in [-0.25, -0.2) is 4.98 Å². The molecule has 0 spiro atoms. The molecule has 2 aromatic rings. The molecule has 0 aromatic carbocycles. The molecule has 0 bridgehead atoms. The van der Waals surface area contributed by atoms with Crippen molar-refractivity contribution < 1.29 is 0 Å². The van der Waals surface area contributed by atoms with E-state index in [0.717, 1.165) is 23.5 Å². The molecular weight excluding hydrogens is 250 g/mol. The van der Waals surface area contributed by atoms with Crippen LogP contribution in [0, 0.1) is 5.92 Å². The van der Waals surface area contributed by atoms with Gasteiger partial charge in [-0.1, -0.05) is 13.8 Å². The van der Waals surface area contributed by atoms with Crippen molar-refractivity contribution in [3.8, 4) is 11.3 Å². The number of nitrogen functional groups attached to an aromatic ring is 1. The van der Waals surface area contributed by atoms with Crippen LogP contribution in [0.2, 0.25) is 0 Å².